The zero-order chi connectivity index (χ0) is 9.03. The quantitative estimate of drug-likeness (QED) is 0.591. The summed E-state index contributed by atoms with van der Waals surface area (Å²) < 4.78 is 10.1. The number of ether oxygens (including phenoxy) is 2. The molecule has 0 aliphatic heterocycles. The first kappa shape index (κ1) is 9.00. The van der Waals surface area contributed by atoms with Crippen molar-refractivity contribution in [3.05, 3.63) is 24.0 Å². The van der Waals surface area contributed by atoms with Gasteiger partial charge in [0.15, 0.2) is 6.29 Å². The van der Waals surface area contributed by atoms with Gasteiger partial charge in [0.2, 0.25) is 0 Å². The Hall–Kier alpha value is -1.09. The van der Waals surface area contributed by atoms with Crippen molar-refractivity contribution >= 4 is 6.29 Å². The second-order valence-corrected chi connectivity index (χ2v) is 2.65. The summed E-state index contributed by atoms with van der Waals surface area (Å²) in [7, 11) is 3.09. The number of carbonyl (C=O) groups is 1. The van der Waals surface area contributed by atoms with E-state index in [4.69, 9.17) is 9.47 Å². The first-order chi connectivity index (χ1) is 5.76. The van der Waals surface area contributed by atoms with Gasteiger partial charge in [0, 0.05) is 13.5 Å². The lowest BCUT2D eigenvalue weighted by molar-refractivity contribution is -0.123. The minimum Gasteiger partial charge on any atom is -0.501 e. The molecule has 0 aromatic heterocycles. The van der Waals surface area contributed by atoms with Crippen LogP contribution in [0.1, 0.15) is 6.42 Å². The van der Waals surface area contributed by atoms with Crippen LogP contribution >= 0.6 is 0 Å². The maximum atomic E-state index is 10.7. The molecule has 1 atom stereocenters. The van der Waals surface area contributed by atoms with Crippen LogP contribution in [-0.4, -0.2) is 26.1 Å². The van der Waals surface area contributed by atoms with E-state index in [-0.39, 0.29) is 0 Å². The fraction of sp³-hybridized carbons (Fsp3) is 0.444. The molecule has 66 valence electrons. The highest BCUT2D eigenvalue weighted by Crippen LogP contribution is 2.24. The van der Waals surface area contributed by atoms with Crippen LogP contribution in [0.2, 0.25) is 0 Å². The highest BCUT2D eigenvalue weighted by molar-refractivity contribution is 5.67. The molecule has 0 spiro atoms. The average Bonchev–Trinajstić information content (AvgIpc) is 2.18. The van der Waals surface area contributed by atoms with E-state index in [1.54, 1.807) is 19.3 Å². The molecule has 0 saturated carbocycles. The Kier molecular flexibility index (Phi) is 2.65. The standard InChI is InChI=1S/C9H12O3/c1-11-8-4-3-5-9(6-8,7-10)12-2/h3-5,7H,6H2,1-2H3. The predicted molar refractivity (Wildman–Crippen MR) is 44.7 cm³/mol. The van der Waals surface area contributed by atoms with E-state index < -0.39 is 5.60 Å². The third-order valence-electron chi connectivity index (χ3n) is 1.95. The van der Waals surface area contributed by atoms with E-state index in [9.17, 15) is 4.79 Å². The van der Waals surface area contributed by atoms with Gasteiger partial charge in [-0.1, -0.05) is 6.08 Å². The van der Waals surface area contributed by atoms with Crippen LogP contribution in [0.5, 0.6) is 0 Å². The monoisotopic (exact) mass is 168 g/mol. The summed E-state index contributed by atoms with van der Waals surface area (Å²) in [6.45, 7) is 0. The molecule has 0 aromatic rings. The van der Waals surface area contributed by atoms with Crippen molar-refractivity contribution in [3.63, 3.8) is 0 Å². The van der Waals surface area contributed by atoms with Crippen molar-refractivity contribution in [2.24, 2.45) is 0 Å². The summed E-state index contributed by atoms with van der Waals surface area (Å²) in [4.78, 5) is 10.7. The number of carbonyl (C=O) groups excluding carboxylic acids is 1. The third kappa shape index (κ3) is 1.56. The van der Waals surface area contributed by atoms with Gasteiger partial charge in [-0.3, -0.25) is 4.79 Å². The third-order valence-corrected chi connectivity index (χ3v) is 1.95. The van der Waals surface area contributed by atoms with E-state index in [1.165, 1.54) is 7.11 Å². The Morgan fingerprint density at radius 3 is 2.83 bits per heavy atom. The van der Waals surface area contributed by atoms with Crippen molar-refractivity contribution in [1.82, 2.24) is 0 Å². The molecule has 12 heavy (non-hydrogen) atoms. The molecule has 0 bridgehead atoms. The first-order valence-corrected chi connectivity index (χ1v) is 3.70. The van der Waals surface area contributed by atoms with Gasteiger partial charge in [-0.25, -0.2) is 0 Å². The van der Waals surface area contributed by atoms with Gasteiger partial charge < -0.3 is 9.47 Å². The lowest BCUT2D eigenvalue weighted by Gasteiger charge is -2.25. The minimum absolute atomic E-state index is 0.472. The Bertz CT molecular complexity index is 230. The normalized spacial score (nSPS) is 28.0. The molecule has 0 saturated heterocycles. The maximum absolute atomic E-state index is 10.7. The van der Waals surface area contributed by atoms with Gasteiger partial charge in [0.1, 0.15) is 5.60 Å². The zero-order valence-corrected chi connectivity index (χ0v) is 7.24. The summed E-state index contributed by atoms with van der Waals surface area (Å²) >= 11 is 0. The van der Waals surface area contributed by atoms with Gasteiger partial charge in [-0.15, -0.1) is 0 Å². The molecule has 0 amide bonds. The Morgan fingerprint density at radius 1 is 1.58 bits per heavy atom. The van der Waals surface area contributed by atoms with Crippen LogP contribution in [0.3, 0.4) is 0 Å². The highest BCUT2D eigenvalue weighted by atomic mass is 16.5. The smallest absolute Gasteiger partial charge is 0.156 e. The molecular formula is C9H12O3. The zero-order valence-electron chi connectivity index (χ0n) is 7.24. The van der Waals surface area contributed by atoms with E-state index >= 15 is 0 Å². The number of aldehydes is 1. The van der Waals surface area contributed by atoms with Crippen LogP contribution in [0.15, 0.2) is 24.0 Å². The minimum atomic E-state index is -0.819. The van der Waals surface area contributed by atoms with Gasteiger partial charge in [-0.2, -0.15) is 0 Å². The fourth-order valence-electron chi connectivity index (χ4n) is 1.12. The van der Waals surface area contributed by atoms with Crippen LogP contribution in [0.25, 0.3) is 0 Å². The average molecular weight is 168 g/mol. The van der Waals surface area contributed by atoms with Gasteiger partial charge >= 0.3 is 0 Å². The molecule has 3 nitrogen and oxygen atoms in total. The van der Waals surface area contributed by atoms with Gasteiger partial charge in [0.25, 0.3) is 0 Å². The Morgan fingerprint density at radius 2 is 2.33 bits per heavy atom. The SMILES string of the molecule is COC1=CC=CC(C=O)(OC)C1. The van der Waals surface area contributed by atoms with E-state index in [0.717, 1.165) is 12.0 Å². The molecule has 0 radical (unpaired) electrons. The summed E-state index contributed by atoms with van der Waals surface area (Å²) in [5.74, 6) is 0.756. The molecule has 1 unspecified atom stereocenters. The first-order valence-electron chi connectivity index (χ1n) is 3.70. The molecule has 1 aliphatic carbocycles. The molecule has 0 heterocycles. The number of methoxy groups -OCH3 is 2. The number of hydrogen-bond donors (Lipinski definition) is 0. The van der Waals surface area contributed by atoms with Crippen molar-refractivity contribution in [3.8, 4) is 0 Å². The Labute approximate surface area is 71.7 Å². The topological polar surface area (TPSA) is 35.5 Å². The van der Waals surface area contributed by atoms with Crippen LogP contribution in [0.4, 0.5) is 0 Å². The molecule has 1 aliphatic rings. The van der Waals surface area contributed by atoms with E-state index in [0.29, 0.717) is 6.42 Å². The summed E-state index contributed by atoms with van der Waals surface area (Å²) in [6, 6.07) is 0. The molecule has 3 heteroatoms. The predicted octanol–water partition coefficient (Wildman–Crippen LogP) is 1.06. The molecular weight excluding hydrogens is 156 g/mol. The van der Waals surface area contributed by atoms with Crippen LogP contribution < -0.4 is 0 Å². The fourth-order valence-corrected chi connectivity index (χ4v) is 1.12. The molecule has 0 aromatic carbocycles. The lowest BCUT2D eigenvalue weighted by Crippen LogP contribution is -2.32. The summed E-state index contributed by atoms with van der Waals surface area (Å²) in [5.41, 5.74) is -0.819. The maximum Gasteiger partial charge on any atom is 0.156 e. The molecule has 0 N–H and O–H groups in total. The highest BCUT2D eigenvalue weighted by Gasteiger charge is 2.29. The van der Waals surface area contributed by atoms with Crippen molar-refractivity contribution in [1.29, 1.82) is 0 Å². The second kappa shape index (κ2) is 3.54. The van der Waals surface area contributed by atoms with Gasteiger partial charge in [0.05, 0.1) is 12.9 Å². The van der Waals surface area contributed by atoms with Crippen molar-refractivity contribution < 1.29 is 14.3 Å². The number of hydrogen-bond acceptors (Lipinski definition) is 3. The van der Waals surface area contributed by atoms with Crippen molar-refractivity contribution in [2.45, 2.75) is 12.0 Å². The van der Waals surface area contributed by atoms with E-state index in [2.05, 4.69) is 0 Å². The largest absolute Gasteiger partial charge is 0.501 e. The molecule has 0 fully saturated rings. The number of allylic oxidation sites excluding steroid dienone is 2. The van der Waals surface area contributed by atoms with Crippen LogP contribution in [-0.2, 0) is 14.3 Å². The van der Waals surface area contributed by atoms with Gasteiger partial charge in [-0.05, 0) is 12.2 Å². The van der Waals surface area contributed by atoms with Crippen molar-refractivity contribution in [2.75, 3.05) is 14.2 Å². The Balaban J connectivity index is 2.80. The van der Waals surface area contributed by atoms with Crippen LogP contribution in [0, 0.1) is 0 Å². The second-order valence-electron chi connectivity index (χ2n) is 2.65. The van der Waals surface area contributed by atoms with E-state index in [1.807, 2.05) is 6.08 Å². The number of rotatable bonds is 3. The summed E-state index contributed by atoms with van der Waals surface area (Å²) in [5, 5.41) is 0. The summed E-state index contributed by atoms with van der Waals surface area (Å²) in [6.07, 6.45) is 6.57. The lowest BCUT2D eigenvalue weighted by atomic mass is 9.95. The molecule has 1 rings (SSSR count).